The molecule has 1 heterocycles. The molecule has 22 heavy (non-hydrogen) atoms. The molecular weight excluding hydrogens is 307 g/mol. The van der Waals surface area contributed by atoms with Crippen LogP contribution in [0.5, 0.6) is 0 Å². The van der Waals surface area contributed by atoms with Gasteiger partial charge in [-0.3, -0.25) is 4.79 Å². The molecule has 1 amide bonds. The number of rotatable bonds is 3. The first-order valence-corrected chi connectivity index (χ1v) is 7.44. The summed E-state index contributed by atoms with van der Waals surface area (Å²) in [6.45, 7) is 4.48. The van der Waals surface area contributed by atoms with Crippen molar-refractivity contribution < 1.29 is 9.18 Å². The molecule has 1 saturated heterocycles. The maximum absolute atomic E-state index is 13.7. The molecule has 5 nitrogen and oxygen atoms in total. The Morgan fingerprint density at radius 1 is 1.36 bits per heavy atom. The van der Waals surface area contributed by atoms with Crippen molar-refractivity contribution in [1.82, 2.24) is 4.90 Å². The minimum Gasteiger partial charge on any atom is -0.398 e. The van der Waals surface area contributed by atoms with E-state index >= 15 is 0 Å². The first-order valence-electron chi connectivity index (χ1n) is 7.06. The highest BCUT2D eigenvalue weighted by Gasteiger charge is 2.33. The van der Waals surface area contributed by atoms with Crippen molar-refractivity contribution in [3.63, 3.8) is 0 Å². The van der Waals surface area contributed by atoms with Crippen molar-refractivity contribution in [2.24, 2.45) is 0 Å². The quantitative estimate of drug-likeness (QED) is 0.661. The largest absolute Gasteiger partial charge is 0.398 e. The minimum absolute atomic E-state index is 0.427. The molecule has 0 saturated carbocycles. The molecule has 1 aliphatic rings. The Morgan fingerprint density at radius 2 is 1.95 bits per heavy atom. The third-order valence-electron chi connectivity index (χ3n) is 3.72. The lowest BCUT2D eigenvalue weighted by atomic mass is 10.1. The average Bonchev–Trinajstić information content (AvgIpc) is 2.45. The third-order valence-corrected chi connectivity index (χ3v) is 3.93. The summed E-state index contributed by atoms with van der Waals surface area (Å²) in [5, 5.41) is 8.02. The van der Waals surface area contributed by atoms with Gasteiger partial charge in [0.2, 0.25) is 0 Å². The fraction of sp³-hybridized carbons (Fsp3) is 0.467. The van der Waals surface area contributed by atoms with E-state index in [1.165, 1.54) is 25.0 Å². The number of piperazine rings is 1. The smallest absolute Gasteiger partial charge is 0.259 e. The van der Waals surface area contributed by atoms with E-state index in [1.54, 1.807) is 12.1 Å². The van der Waals surface area contributed by atoms with Gasteiger partial charge in [-0.05, 0) is 26.0 Å². The van der Waals surface area contributed by atoms with Crippen LogP contribution in [0.3, 0.4) is 0 Å². The van der Waals surface area contributed by atoms with E-state index in [0.29, 0.717) is 42.5 Å². The summed E-state index contributed by atoms with van der Waals surface area (Å²) in [4.78, 5) is 15.5. The van der Waals surface area contributed by atoms with E-state index < -0.39 is 11.6 Å². The van der Waals surface area contributed by atoms with Crippen molar-refractivity contribution in [2.75, 3.05) is 36.8 Å². The van der Waals surface area contributed by atoms with E-state index in [2.05, 4.69) is 0 Å². The monoisotopic (exact) mass is 326 g/mol. The molecule has 1 aromatic carbocycles. The molecule has 1 aliphatic heterocycles. The number of nitrogen functional groups attached to an aromatic ring is 1. The fourth-order valence-electron chi connectivity index (χ4n) is 2.57. The van der Waals surface area contributed by atoms with Crippen LogP contribution in [0.15, 0.2) is 12.1 Å². The zero-order valence-electron chi connectivity index (χ0n) is 12.7. The summed E-state index contributed by atoms with van der Waals surface area (Å²) in [7, 11) is 0. The Hall–Kier alpha value is -1.82. The Kier molecular flexibility index (Phi) is 4.60. The molecule has 1 fully saturated rings. The number of anilines is 2. The summed E-state index contributed by atoms with van der Waals surface area (Å²) in [6, 6.07) is 3.37. The van der Waals surface area contributed by atoms with Crippen LogP contribution in [0.1, 0.15) is 19.4 Å². The van der Waals surface area contributed by atoms with Crippen LogP contribution in [0.2, 0.25) is 5.02 Å². The summed E-state index contributed by atoms with van der Waals surface area (Å²) in [5.74, 6) is -0.495. The first-order chi connectivity index (χ1) is 10.2. The molecule has 0 aliphatic carbocycles. The van der Waals surface area contributed by atoms with Gasteiger partial charge in [0.05, 0.1) is 0 Å². The topological polar surface area (TPSA) is 73.4 Å². The fourth-order valence-corrected chi connectivity index (χ4v) is 2.79. The average molecular weight is 327 g/mol. The van der Waals surface area contributed by atoms with E-state index in [4.69, 9.17) is 22.7 Å². The van der Waals surface area contributed by atoms with Gasteiger partial charge in [-0.15, -0.1) is 0 Å². The number of carbonyl (C=O) groups is 1. The zero-order chi connectivity index (χ0) is 16.5. The van der Waals surface area contributed by atoms with Crippen LogP contribution < -0.4 is 10.6 Å². The molecule has 2 rings (SSSR count). The lowest BCUT2D eigenvalue weighted by Gasteiger charge is -2.38. The number of carbonyl (C=O) groups excluding carboxylic acids is 1. The molecule has 120 valence electrons. The number of alkyl halides is 1. The van der Waals surface area contributed by atoms with Crippen LogP contribution in [-0.4, -0.2) is 48.9 Å². The molecular formula is C15H20ClFN4O. The Labute approximate surface area is 134 Å². The second-order valence-corrected chi connectivity index (χ2v) is 6.26. The van der Waals surface area contributed by atoms with Gasteiger partial charge in [0.25, 0.3) is 5.91 Å². The van der Waals surface area contributed by atoms with Crippen LogP contribution in [0.25, 0.3) is 0 Å². The number of nitrogens with two attached hydrogens (primary N) is 1. The molecule has 0 unspecified atom stereocenters. The van der Waals surface area contributed by atoms with Gasteiger partial charge in [-0.2, -0.15) is 0 Å². The van der Waals surface area contributed by atoms with Crippen molar-refractivity contribution in [1.29, 1.82) is 5.41 Å². The van der Waals surface area contributed by atoms with E-state index in [0.717, 1.165) is 5.69 Å². The number of hydrogen-bond donors (Lipinski definition) is 2. The van der Waals surface area contributed by atoms with Gasteiger partial charge in [0.1, 0.15) is 0 Å². The standard InChI is InChI=1S/C15H20ClFN4O/c1-15(2,17)14(22)21-5-3-20(4-6-21)13-8-10(16)7-12(19)11(13)9-18/h7-9,18H,3-6,19H2,1-2H3. The highest BCUT2D eigenvalue weighted by molar-refractivity contribution is 6.31. The molecule has 3 N–H and O–H groups in total. The predicted octanol–water partition coefficient (Wildman–Crippen LogP) is 2.32. The van der Waals surface area contributed by atoms with Crippen molar-refractivity contribution in [3.8, 4) is 0 Å². The number of nitrogens with one attached hydrogen (secondary N) is 1. The predicted molar refractivity (Wildman–Crippen MR) is 87.7 cm³/mol. The van der Waals surface area contributed by atoms with Gasteiger partial charge in [-0.1, -0.05) is 11.6 Å². The van der Waals surface area contributed by atoms with Crippen LogP contribution in [0, 0.1) is 5.41 Å². The summed E-state index contributed by atoms with van der Waals surface area (Å²) >= 11 is 6.04. The normalized spacial score (nSPS) is 15.8. The molecule has 0 atom stereocenters. The number of hydrogen-bond acceptors (Lipinski definition) is 4. The van der Waals surface area contributed by atoms with Gasteiger partial charge in [0, 0.05) is 54.4 Å². The second-order valence-electron chi connectivity index (χ2n) is 5.82. The number of halogens is 2. The van der Waals surface area contributed by atoms with Crippen molar-refractivity contribution in [2.45, 2.75) is 19.5 Å². The second kappa shape index (κ2) is 6.12. The van der Waals surface area contributed by atoms with Crippen molar-refractivity contribution in [3.05, 3.63) is 22.7 Å². The van der Waals surface area contributed by atoms with Gasteiger partial charge < -0.3 is 20.9 Å². The third kappa shape index (κ3) is 3.32. The van der Waals surface area contributed by atoms with Gasteiger partial charge in [-0.25, -0.2) is 4.39 Å². The lowest BCUT2D eigenvalue weighted by Crippen LogP contribution is -2.53. The first kappa shape index (κ1) is 16.5. The number of benzene rings is 1. The summed E-state index contributed by atoms with van der Waals surface area (Å²) in [6.07, 6.45) is 1.20. The van der Waals surface area contributed by atoms with Crippen molar-refractivity contribution >= 4 is 35.1 Å². The molecule has 1 aromatic rings. The SMILES string of the molecule is CC(C)(F)C(=O)N1CCN(c2cc(Cl)cc(N)c2C=N)CC1. The Morgan fingerprint density at radius 3 is 2.45 bits per heavy atom. The molecule has 0 radical (unpaired) electrons. The molecule has 0 bridgehead atoms. The van der Waals surface area contributed by atoms with E-state index in [-0.39, 0.29) is 0 Å². The highest BCUT2D eigenvalue weighted by atomic mass is 35.5. The van der Waals surface area contributed by atoms with Crippen LogP contribution in [0.4, 0.5) is 15.8 Å². The summed E-state index contributed by atoms with van der Waals surface area (Å²) in [5.41, 5.74) is 5.86. The van der Waals surface area contributed by atoms with Gasteiger partial charge >= 0.3 is 0 Å². The molecule has 0 aromatic heterocycles. The van der Waals surface area contributed by atoms with Crippen LogP contribution in [-0.2, 0) is 4.79 Å². The van der Waals surface area contributed by atoms with E-state index in [1.807, 2.05) is 4.90 Å². The minimum atomic E-state index is -1.86. The maximum atomic E-state index is 13.7. The maximum Gasteiger partial charge on any atom is 0.259 e. The Bertz CT molecular complexity index is 592. The lowest BCUT2D eigenvalue weighted by molar-refractivity contribution is -0.142. The van der Waals surface area contributed by atoms with E-state index in [9.17, 15) is 9.18 Å². The molecule has 7 heteroatoms. The Balaban J connectivity index is 2.16. The van der Waals surface area contributed by atoms with Crippen LogP contribution >= 0.6 is 11.6 Å². The molecule has 0 spiro atoms. The highest BCUT2D eigenvalue weighted by Crippen LogP contribution is 2.30. The summed E-state index contributed by atoms with van der Waals surface area (Å²) < 4.78 is 13.7. The number of amides is 1. The van der Waals surface area contributed by atoms with Gasteiger partial charge in [0.15, 0.2) is 5.67 Å². The number of nitrogens with zero attached hydrogens (tertiary/aromatic N) is 2. The zero-order valence-corrected chi connectivity index (χ0v) is 13.5.